The molecule has 31 heavy (non-hydrogen) atoms. The topological polar surface area (TPSA) is 126 Å². The van der Waals surface area contributed by atoms with Gasteiger partial charge in [-0.25, -0.2) is 13.3 Å². The molecule has 2 aromatic rings. The van der Waals surface area contributed by atoms with E-state index in [1.54, 1.807) is 31.4 Å². The fourth-order valence-corrected chi connectivity index (χ4v) is 4.54. The highest BCUT2D eigenvalue weighted by atomic mass is 32.2. The molecular formula is C20H29N3O6S2. The third-order valence-electron chi connectivity index (χ3n) is 4.55. The standard InChI is InChI=1S/C20H29N3O6S2/c1-4-23(9-11-28-29-30-15-5-7-19(26-2)17(21)13-15)10-12-31(24,25)16-6-8-20(27-3)18(22)14-16/h5-8,13-14H,4,9-12,21-22H2,1-3H3. The van der Waals surface area contributed by atoms with E-state index in [1.165, 1.54) is 19.2 Å². The number of ether oxygens (including phenoxy) is 2. The van der Waals surface area contributed by atoms with Gasteiger partial charge in [-0.05, 0) is 42.9 Å². The Kier molecular flexibility index (Phi) is 9.72. The Morgan fingerprint density at radius 1 is 0.968 bits per heavy atom. The van der Waals surface area contributed by atoms with Crippen molar-refractivity contribution < 1.29 is 27.1 Å². The van der Waals surface area contributed by atoms with E-state index in [1.807, 2.05) is 11.8 Å². The summed E-state index contributed by atoms with van der Waals surface area (Å²) in [6.07, 6.45) is 0. The van der Waals surface area contributed by atoms with Crippen LogP contribution in [0.25, 0.3) is 0 Å². The van der Waals surface area contributed by atoms with Crippen LogP contribution in [0.4, 0.5) is 11.4 Å². The van der Waals surface area contributed by atoms with Gasteiger partial charge in [-0.1, -0.05) is 6.92 Å². The normalized spacial score (nSPS) is 11.6. The van der Waals surface area contributed by atoms with Crippen LogP contribution in [0.2, 0.25) is 0 Å². The van der Waals surface area contributed by atoms with Gasteiger partial charge in [0.2, 0.25) is 0 Å². The van der Waals surface area contributed by atoms with Crippen molar-refractivity contribution in [1.29, 1.82) is 0 Å². The number of hydrogen-bond acceptors (Lipinski definition) is 10. The molecule has 0 bridgehead atoms. The van der Waals surface area contributed by atoms with Crippen LogP contribution in [0.1, 0.15) is 6.92 Å². The molecule has 0 heterocycles. The number of nitrogens with zero attached hydrogens (tertiary/aromatic N) is 1. The van der Waals surface area contributed by atoms with Crippen LogP contribution < -0.4 is 20.9 Å². The summed E-state index contributed by atoms with van der Waals surface area (Å²) in [6, 6.07) is 9.75. The maximum Gasteiger partial charge on any atom is 0.179 e. The molecule has 4 N–H and O–H groups in total. The molecule has 0 amide bonds. The third kappa shape index (κ3) is 7.47. The zero-order valence-electron chi connectivity index (χ0n) is 17.9. The molecule has 0 fully saturated rings. The SMILES string of the molecule is CCN(CCOOSc1ccc(OC)c(N)c1)CCS(=O)(=O)c1ccc(OC)c(N)c1. The summed E-state index contributed by atoms with van der Waals surface area (Å²) in [5, 5.41) is 0. The average Bonchev–Trinajstić information content (AvgIpc) is 2.75. The maximum absolute atomic E-state index is 12.6. The summed E-state index contributed by atoms with van der Waals surface area (Å²) >= 11 is 1.04. The minimum absolute atomic E-state index is 0.0344. The average molecular weight is 472 g/mol. The van der Waals surface area contributed by atoms with Crippen molar-refractivity contribution in [1.82, 2.24) is 4.90 Å². The highest BCUT2D eigenvalue weighted by Crippen LogP contribution is 2.28. The van der Waals surface area contributed by atoms with E-state index in [0.717, 1.165) is 16.9 Å². The molecule has 2 aromatic carbocycles. The lowest BCUT2D eigenvalue weighted by molar-refractivity contribution is -0.193. The van der Waals surface area contributed by atoms with Crippen molar-refractivity contribution in [3.8, 4) is 11.5 Å². The molecule has 0 radical (unpaired) electrons. The van der Waals surface area contributed by atoms with E-state index in [9.17, 15) is 8.42 Å². The van der Waals surface area contributed by atoms with Crippen molar-refractivity contribution in [2.24, 2.45) is 0 Å². The van der Waals surface area contributed by atoms with E-state index in [0.29, 0.717) is 36.8 Å². The molecule has 0 aliphatic heterocycles. The highest BCUT2D eigenvalue weighted by Gasteiger charge is 2.17. The Bertz CT molecular complexity index is 956. The summed E-state index contributed by atoms with van der Waals surface area (Å²) in [4.78, 5) is 8.11. The smallest absolute Gasteiger partial charge is 0.179 e. The predicted molar refractivity (Wildman–Crippen MR) is 122 cm³/mol. The number of sulfone groups is 1. The van der Waals surface area contributed by atoms with Crippen molar-refractivity contribution in [2.75, 3.05) is 57.7 Å². The number of benzene rings is 2. The molecule has 0 spiro atoms. The zero-order chi connectivity index (χ0) is 22.9. The monoisotopic (exact) mass is 471 g/mol. The van der Waals surface area contributed by atoms with Gasteiger partial charge < -0.3 is 25.8 Å². The fourth-order valence-electron chi connectivity index (χ4n) is 2.73. The van der Waals surface area contributed by atoms with Crippen LogP contribution in [0, 0.1) is 0 Å². The second-order valence-corrected chi connectivity index (χ2v) is 9.42. The number of hydrogen-bond donors (Lipinski definition) is 2. The van der Waals surface area contributed by atoms with Gasteiger partial charge in [-0.15, -0.1) is 0 Å². The maximum atomic E-state index is 12.6. The van der Waals surface area contributed by atoms with Crippen LogP contribution in [-0.4, -0.2) is 59.5 Å². The Morgan fingerprint density at radius 3 is 2.19 bits per heavy atom. The molecule has 0 saturated carbocycles. The molecular weight excluding hydrogens is 442 g/mol. The minimum atomic E-state index is -3.47. The first kappa shape index (κ1) is 25.1. The third-order valence-corrected chi connectivity index (χ3v) is 6.86. The van der Waals surface area contributed by atoms with Crippen LogP contribution in [0.3, 0.4) is 0 Å². The van der Waals surface area contributed by atoms with Crippen molar-refractivity contribution in [3.05, 3.63) is 36.4 Å². The van der Waals surface area contributed by atoms with Gasteiger partial charge >= 0.3 is 0 Å². The van der Waals surface area contributed by atoms with Gasteiger partial charge in [0.25, 0.3) is 0 Å². The van der Waals surface area contributed by atoms with Gasteiger partial charge in [-0.3, -0.25) is 0 Å². The molecule has 0 aromatic heterocycles. The number of anilines is 2. The first-order chi connectivity index (χ1) is 14.8. The fraction of sp³-hybridized carbons (Fsp3) is 0.400. The van der Waals surface area contributed by atoms with E-state index in [-0.39, 0.29) is 22.9 Å². The van der Waals surface area contributed by atoms with Crippen molar-refractivity contribution >= 4 is 33.3 Å². The molecule has 0 atom stereocenters. The van der Waals surface area contributed by atoms with Gasteiger partial charge in [0.15, 0.2) is 9.84 Å². The second kappa shape index (κ2) is 12.0. The van der Waals surface area contributed by atoms with E-state index >= 15 is 0 Å². The molecule has 9 nitrogen and oxygen atoms in total. The Morgan fingerprint density at radius 2 is 1.61 bits per heavy atom. The van der Waals surface area contributed by atoms with Gasteiger partial charge in [0.05, 0.1) is 54.9 Å². The van der Waals surface area contributed by atoms with Gasteiger partial charge in [0, 0.05) is 18.0 Å². The number of likely N-dealkylation sites (N-methyl/N-ethyl adjacent to an activating group) is 1. The molecule has 0 aliphatic carbocycles. The summed E-state index contributed by atoms with van der Waals surface area (Å²) in [5.74, 6) is 1.01. The predicted octanol–water partition coefficient (Wildman–Crippen LogP) is 2.62. The number of nitrogens with two attached hydrogens (primary N) is 2. The van der Waals surface area contributed by atoms with E-state index < -0.39 is 9.84 Å². The molecule has 0 unspecified atom stereocenters. The first-order valence-corrected chi connectivity index (χ1v) is 12.0. The lowest BCUT2D eigenvalue weighted by atomic mass is 10.3. The lowest BCUT2D eigenvalue weighted by Crippen LogP contribution is -2.32. The summed E-state index contributed by atoms with van der Waals surface area (Å²) < 4.78 is 40.5. The summed E-state index contributed by atoms with van der Waals surface area (Å²) in [5.41, 5.74) is 12.5. The molecule has 0 aliphatic rings. The largest absolute Gasteiger partial charge is 0.495 e. The van der Waals surface area contributed by atoms with Gasteiger partial charge in [0.1, 0.15) is 11.5 Å². The van der Waals surface area contributed by atoms with E-state index in [2.05, 4.69) is 0 Å². The van der Waals surface area contributed by atoms with Gasteiger partial charge in [-0.2, -0.15) is 4.33 Å². The number of rotatable bonds is 13. The lowest BCUT2D eigenvalue weighted by Gasteiger charge is -2.19. The Labute approximate surface area is 187 Å². The summed E-state index contributed by atoms with van der Waals surface area (Å²) in [6.45, 7) is 3.78. The molecule has 11 heteroatoms. The first-order valence-electron chi connectivity index (χ1n) is 9.59. The van der Waals surface area contributed by atoms with Crippen molar-refractivity contribution in [2.45, 2.75) is 16.7 Å². The molecule has 172 valence electrons. The van der Waals surface area contributed by atoms with Crippen molar-refractivity contribution in [3.63, 3.8) is 0 Å². The van der Waals surface area contributed by atoms with Crippen LogP contribution >= 0.6 is 12.0 Å². The van der Waals surface area contributed by atoms with E-state index in [4.69, 9.17) is 30.2 Å². The molecule has 2 rings (SSSR count). The number of methoxy groups -OCH3 is 2. The number of nitrogen functional groups attached to an aromatic ring is 2. The van der Waals surface area contributed by atoms with Crippen LogP contribution in [-0.2, 0) is 19.1 Å². The molecule has 0 saturated heterocycles. The highest BCUT2D eigenvalue weighted by molar-refractivity contribution is 7.94. The Hall–Kier alpha value is -2.18. The second-order valence-electron chi connectivity index (χ2n) is 6.53. The Balaban J connectivity index is 1.76. The summed E-state index contributed by atoms with van der Waals surface area (Å²) in [7, 11) is -0.437. The van der Waals surface area contributed by atoms with Crippen LogP contribution in [0.15, 0.2) is 46.2 Å². The zero-order valence-corrected chi connectivity index (χ0v) is 19.5. The quantitative estimate of drug-likeness (QED) is 0.148. The van der Waals surface area contributed by atoms with Crippen LogP contribution in [0.5, 0.6) is 11.5 Å². The minimum Gasteiger partial charge on any atom is -0.495 e.